The molecule has 0 spiro atoms. The van der Waals surface area contributed by atoms with E-state index < -0.39 is 0 Å². The van der Waals surface area contributed by atoms with Gasteiger partial charge in [0, 0.05) is 24.1 Å². The van der Waals surface area contributed by atoms with E-state index >= 15 is 0 Å². The van der Waals surface area contributed by atoms with Gasteiger partial charge in [-0.3, -0.25) is 4.99 Å². The van der Waals surface area contributed by atoms with E-state index in [9.17, 15) is 4.39 Å². The van der Waals surface area contributed by atoms with Crippen molar-refractivity contribution in [1.82, 2.24) is 0 Å². The first-order chi connectivity index (χ1) is 8.29. The van der Waals surface area contributed by atoms with Crippen molar-refractivity contribution in [3.8, 4) is 5.75 Å². The van der Waals surface area contributed by atoms with Gasteiger partial charge in [-0.2, -0.15) is 0 Å². The lowest BCUT2D eigenvalue weighted by Crippen LogP contribution is -2.13. The van der Waals surface area contributed by atoms with E-state index in [4.69, 9.17) is 4.74 Å². The number of nitrogens with one attached hydrogen (secondary N) is 1. The maximum Gasteiger partial charge on any atom is 0.167 e. The van der Waals surface area contributed by atoms with Crippen molar-refractivity contribution in [2.45, 2.75) is 13.3 Å². The van der Waals surface area contributed by atoms with Crippen LogP contribution < -0.4 is 10.1 Å². The predicted octanol–water partition coefficient (Wildman–Crippen LogP) is 3.13. The monoisotopic (exact) mass is 254 g/mol. The minimum atomic E-state index is -0.349. The largest absolute Gasteiger partial charge is 0.491 e. The molecule has 3 nitrogen and oxygen atoms in total. The summed E-state index contributed by atoms with van der Waals surface area (Å²) < 4.78 is 18.7. The molecule has 1 N–H and O–H groups in total. The Morgan fingerprint density at radius 2 is 2.41 bits per heavy atom. The molecule has 1 heterocycles. The summed E-state index contributed by atoms with van der Waals surface area (Å²) in [4.78, 5) is 4.33. The number of aliphatic imine (C=N–C) groups is 1. The number of nitrogens with zero attached hydrogens (tertiary/aromatic N) is 1. The van der Waals surface area contributed by atoms with Gasteiger partial charge in [-0.25, -0.2) is 4.39 Å². The first-order valence-electron chi connectivity index (χ1n) is 5.66. The van der Waals surface area contributed by atoms with Crippen molar-refractivity contribution in [3.63, 3.8) is 0 Å². The lowest BCUT2D eigenvalue weighted by molar-refractivity contribution is 0.321. The highest BCUT2D eigenvalue weighted by Gasteiger charge is 2.08. The first-order valence-corrected chi connectivity index (χ1v) is 6.65. The number of halogens is 1. The third-order valence-corrected chi connectivity index (χ3v) is 3.28. The molecule has 2 rings (SSSR count). The number of hydrogen-bond donors (Lipinski definition) is 1. The van der Waals surface area contributed by atoms with Gasteiger partial charge in [0.1, 0.15) is 0 Å². The standard InChI is InChI=1S/C12H15FN2OS/c1-2-16-11-5-4-9(8-10(11)13)15-12-14-6-3-7-17-12/h4-5,8H,2-3,6-7H2,1H3,(H,14,15). The molecule has 92 valence electrons. The Balaban J connectivity index is 2.06. The normalized spacial score (nSPS) is 15.3. The van der Waals surface area contributed by atoms with Crippen molar-refractivity contribution in [2.75, 3.05) is 24.2 Å². The van der Waals surface area contributed by atoms with Crippen LogP contribution in [0.25, 0.3) is 0 Å². The maximum atomic E-state index is 13.6. The SMILES string of the molecule is CCOc1ccc(NC2=NCCCS2)cc1F. The number of amidine groups is 1. The van der Waals surface area contributed by atoms with Crippen LogP contribution in [0, 0.1) is 5.82 Å². The summed E-state index contributed by atoms with van der Waals surface area (Å²) in [7, 11) is 0. The fraction of sp³-hybridized carbons (Fsp3) is 0.417. The molecule has 0 radical (unpaired) electrons. The molecule has 0 fully saturated rings. The fourth-order valence-electron chi connectivity index (χ4n) is 1.51. The van der Waals surface area contributed by atoms with E-state index in [2.05, 4.69) is 10.3 Å². The second-order valence-corrected chi connectivity index (χ2v) is 4.68. The van der Waals surface area contributed by atoms with E-state index in [1.807, 2.05) is 6.92 Å². The molecule has 17 heavy (non-hydrogen) atoms. The van der Waals surface area contributed by atoms with Crippen LogP contribution in [0.2, 0.25) is 0 Å². The van der Waals surface area contributed by atoms with Crippen LogP contribution in [0.4, 0.5) is 10.1 Å². The molecule has 1 aliphatic rings. The Bertz CT molecular complexity index is 423. The van der Waals surface area contributed by atoms with Crippen molar-refractivity contribution < 1.29 is 9.13 Å². The van der Waals surface area contributed by atoms with Crippen molar-refractivity contribution >= 4 is 22.6 Å². The summed E-state index contributed by atoms with van der Waals surface area (Å²) in [5, 5.41) is 3.97. The molecule has 0 atom stereocenters. The molecule has 1 aromatic carbocycles. The van der Waals surface area contributed by atoms with E-state index in [-0.39, 0.29) is 11.6 Å². The summed E-state index contributed by atoms with van der Waals surface area (Å²) in [5.74, 6) is 1.00. The first kappa shape index (κ1) is 12.2. The topological polar surface area (TPSA) is 33.6 Å². The van der Waals surface area contributed by atoms with Crippen molar-refractivity contribution in [3.05, 3.63) is 24.0 Å². The number of ether oxygens (including phenoxy) is 1. The van der Waals surface area contributed by atoms with E-state index in [0.29, 0.717) is 12.3 Å². The Morgan fingerprint density at radius 3 is 3.06 bits per heavy atom. The molecule has 0 amide bonds. The van der Waals surface area contributed by atoms with Gasteiger partial charge in [0.15, 0.2) is 16.7 Å². The van der Waals surface area contributed by atoms with Gasteiger partial charge in [0.2, 0.25) is 0 Å². The van der Waals surface area contributed by atoms with Crippen LogP contribution in [0.15, 0.2) is 23.2 Å². The molecule has 0 saturated carbocycles. The second kappa shape index (κ2) is 5.91. The molecule has 0 bridgehead atoms. The Labute approximate surface area is 104 Å². The van der Waals surface area contributed by atoms with E-state index in [1.54, 1.807) is 23.9 Å². The predicted molar refractivity (Wildman–Crippen MR) is 70.6 cm³/mol. The summed E-state index contributed by atoms with van der Waals surface area (Å²) >= 11 is 1.66. The quantitative estimate of drug-likeness (QED) is 0.899. The Morgan fingerprint density at radius 1 is 1.53 bits per heavy atom. The number of thioether (sulfide) groups is 1. The smallest absolute Gasteiger partial charge is 0.167 e. The highest BCUT2D eigenvalue weighted by Crippen LogP contribution is 2.23. The second-order valence-electron chi connectivity index (χ2n) is 3.59. The molecule has 0 saturated heterocycles. The van der Waals surface area contributed by atoms with Gasteiger partial charge in [0.05, 0.1) is 6.61 Å². The molecular formula is C12H15FN2OS. The molecule has 1 aliphatic heterocycles. The zero-order valence-electron chi connectivity index (χ0n) is 9.70. The number of benzene rings is 1. The summed E-state index contributed by atoms with van der Waals surface area (Å²) in [5.41, 5.74) is 0.708. The van der Waals surface area contributed by atoms with Crippen LogP contribution in [0.3, 0.4) is 0 Å². The third-order valence-electron chi connectivity index (χ3n) is 2.28. The van der Waals surface area contributed by atoms with Crippen molar-refractivity contribution in [1.29, 1.82) is 0 Å². The Hall–Kier alpha value is -1.23. The van der Waals surface area contributed by atoms with Gasteiger partial charge in [0.25, 0.3) is 0 Å². The lowest BCUT2D eigenvalue weighted by Gasteiger charge is -2.13. The van der Waals surface area contributed by atoms with Crippen LogP contribution >= 0.6 is 11.8 Å². The maximum absolute atomic E-state index is 13.6. The van der Waals surface area contributed by atoms with Gasteiger partial charge in [-0.15, -0.1) is 0 Å². The molecule has 0 unspecified atom stereocenters. The third kappa shape index (κ3) is 3.36. The van der Waals surface area contributed by atoms with Gasteiger partial charge in [-0.05, 0) is 25.5 Å². The van der Waals surface area contributed by atoms with Gasteiger partial charge < -0.3 is 10.1 Å². The van der Waals surface area contributed by atoms with Crippen LogP contribution in [0.5, 0.6) is 5.75 Å². The average Bonchev–Trinajstić information content (AvgIpc) is 2.34. The molecular weight excluding hydrogens is 239 g/mol. The minimum Gasteiger partial charge on any atom is -0.491 e. The molecule has 1 aromatic rings. The summed E-state index contributed by atoms with van der Waals surface area (Å²) in [6, 6.07) is 4.86. The number of hydrogen-bond acceptors (Lipinski definition) is 4. The fourth-order valence-corrected chi connectivity index (χ4v) is 2.35. The van der Waals surface area contributed by atoms with Gasteiger partial charge in [-0.1, -0.05) is 11.8 Å². The molecule has 0 aliphatic carbocycles. The van der Waals surface area contributed by atoms with E-state index in [0.717, 1.165) is 23.9 Å². The van der Waals surface area contributed by atoms with Crippen LogP contribution in [-0.4, -0.2) is 24.1 Å². The number of anilines is 1. The summed E-state index contributed by atoms with van der Waals surface area (Å²) in [6.07, 6.45) is 1.10. The molecule has 0 aromatic heterocycles. The lowest BCUT2D eigenvalue weighted by atomic mass is 10.3. The van der Waals surface area contributed by atoms with Crippen LogP contribution in [0.1, 0.15) is 13.3 Å². The van der Waals surface area contributed by atoms with E-state index in [1.165, 1.54) is 6.07 Å². The van der Waals surface area contributed by atoms with Crippen molar-refractivity contribution in [2.24, 2.45) is 4.99 Å². The zero-order valence-corrected chi connectivity index (χ0v) is 10.5. The van der Waals surface area contributed by atoms with Gasteiger partial charge >= 0.3 is 0 Å². The van der Waals surface area contributed by atoms with Crippen LogP contribution in [-0.2, 0) is 0 Å². The highest BCUT2D eigenvalue weighted by molar-refractivity contribution is 8.14. The summed E-state index contributed by atoms with van der Waals surface area (Å²) in [6.45, 7) is 3.14. The zero-order chi connectivity index (χ0) is 12.1. The Kier molecular flexibility index (Phi) is 4.25. The average molecular weight is 254 g/mol. The highest BCUT2D eigenvalue weighted by atomic mass is 32.2. The minimum absolute atomic E-state index is 0.288. The number of rotatable bonds is 3. The molecule has 5 heteroatoms.